The van der Waals surface area contributed by atoms with Crippen LogP contribution in [0.15, 0.2) is 0 Å². The van der Waals surface area contributed by atoms with Crippen molar-refractivity contribution in [3.63, 3.8) is 0 Å². The minimum absolute atomic E-state index is 0.0222. The van der Waals surface area contributed by atoms with Crippen molar-refractivity contribution in [3.05, 3.63) is 0 Å². The van der Waals surface area contributed by atoms with Crippen LogP contribution in [0, 0.1) is 11.3 Å². The summed E-state index contributed by atoms with van der Waals surface area (Å²) in [5.74, 6) is -0.0222. The lowest BCUT2D eigenvalue weighted by molar-refractivity contribution is -0.121. The molecule has 0 aliphatic rings. The van der Waals surface area contributed by atoms with E-state index in [0.717, 1.165) is 12.8 Å². The monoisotopic (exact) mass is 184 g/mol. The van der Waals surface area contributed by atoms with E-state index in [9.17, 15) is 4.79 Å². The van der Waals surface area contributed by atoms with Gasteiger partial charge in [0.25, 0.3) is 0 Å². The second-order valence-electron chi connectivity index (χ2n) is 2.79. The first-order chi connectivity index (χ1) is 6.31. The lowest BCUT2D eigenvalue weighted by Gasteiger charge is -2.02. The van der Waals surface area contributed by atoms with Gasteiger partial charge in [0.15, 0.2) is 0 Å². The predicted molar refractivity (Wildman–Crippen MR) is 48.8 cm³/mol. The van der Waals surface area contributed by atoms with Crippen LogP contribution >= 0.6 is 0 Å². The smallest absolute Gasteiger partial charge is 0.220 e. The zero-order valence-electron chi connectivity index (χ0n) is 7.75. The third-order valence-corrected chi connectivity index (χ3v) is 1.60. The van der Waals surface area contributed by atoms with Crippen LogP contribution in [0.2, 0.25) is 0 Å². The normalized spacial score (nSPS) is 9.23. The molecule has 0 heterocycles. The van der Waals surface area contributed by atoms with Gasteiger partial charge >= 0.3 is 0 Å². The Morgan fingerprint density at radius 3 is 2.77 bits per heavy atom. The van der Waals surface area contributed by atoms with Crippen LogP contribution in [0.25, 0.3) is 0 Å². The first-order valence-electron chi connectivity index (χ1n) is 4.55. The molecule has 0 rings (SSSR count). The SMILES string of the molecule is N#CCCCCNC(=O)CCCO. The van der Waals surface area contributed by atoms with E-state index in [0.29, 0.717) is 25.8 Å². The van der Waals surface area contributed by atoms with Crippen LogP contribution in [0.1, 0.15) is 32.1 Å². The summed E-state index contributed by atoms with van der Waals surface area (Å²) in [6.45, 7) is 0.688. The molecule has 13 heavy (non-hydrogen) atoms. The highest BCUT2D eigenvalue weighted by molar-refractivity contribution is 5.75. The highest BCUT2D eigenvalue weighted by atomic mass is 16.3. The maximum Gasteiger partial charge on any atom is 0.220 e. The number of nitrogens with one attached hydrogen (secondary N) is 1. The fraction of sp³-hybridized carbons (Fsp3) is 0.778. The predicted octanol–water partition coefficient (Wildman–Crippen LogP) is 0.569. The van der Waals surface area contributed by atoms with Crippen LogP contribution in [0.4, 0.5) is 0 Å². The van der Waals surface area contributed by atoms with E-state index in [1.54, 1.807) is 0 Å². The summed E-state index contributed by atoms with van der Waals surface area (Å²) in [5.41, 5.74) is 0. The lowest BCUT2D eigenvalue weighted by atomic mass is 10.2. The van der Waals surface area contributed by atoms with E-state index in [2.05, 4.69) is 5.32 Å². The van der Waals surface area contributed by atoms with Gasteiger partial charge in [0.05, 0.1) is 6.07 Å². The van der Waals surface area contributed by atoms with Gasteiger partial charge in [-0.1, -0.05) is 0 Å². The van der Waals surface area contributed by atoms with E-state index in [-0.39, 0.29) is 12.5 Å². The van der Waals surface area contributed by atoms with Crippen molar-refractivity contribution < 1.29 is 9.90 Å². The zero-order chi connectivity index (χ0) is 9.94. The summed E-state index contributed by atoms with van der Waals surface area (Å²) in [7, 11) is 0. The molecule has 0 aliphatic carbocycles. The number of aliphatic hydroxyl groups is 1. The van der Waals surface area contributed by atoms with Crippen molar-refractivity contribution in [2.24, 2.45) is 0 Å². The Bertz CT molecular complexity index is 175. The molecule has 0 fully saturated rings. The first-order valence-corrected chi connectivity index (χ1v) is 4.55. The van der Waals surface area contributed by atoms with Crippen molar-refractivity contribution in [1.29, 1.82) is 5.26 Å². The average Bonchev–Trinajstić information content (AvgIpc) is 2.14. The molecule has 0 saturated heterocycles. The maximum atomic E-state index is 10.9. The molecule has 0 unspecified atom stereocenters. The van der Waals surface area contributed by atoms with Gasteiger partial charge in [-0.05, 0) is 19.3 Å². The van der Waals surface area contributed by atoms with E-state index < -0.39 is 0 Å². The van der Waals surface area contributed by atoms with E-state index in [1.807, 2.05) is 6.07 Å². The molecule has 0 bridgehead atoms. The standard InChI is InChI=1S/C9H16N2O2/c10-6-2-1-3-7-11-9(13)5-4-8-12/h12H,1-5,7-8H2,(H,11,13). The highest BCUT2D eigenvalue weighted by Gasteiger charge is 1.98. The highest BCUT2D eigenvalue weighted by Crippen LogP contribution is 1.92. The molecule has 0 aromatic carbocycles. The first kappa shape index (κ1) is 11.9. The Hall–Kier alpha value is -1.08. The van der Waals surface area contributed by atoms with Crippen LogP contribution in [0.5, 0.6) is 0 Å². The number of amides is 1. The molecule has 0 aromatic rings. The number of aliphatic hydroxyl groups excluding tert-OH is 1. The van der Waals surface area contributed by atoms with Gasteiger partial charge in [-0.25, -0.2) is 0 Å². The molecular formula is C9H16N2O2. The number of hydrogen-bond acceptors (Lipinski definition) is 3. The van der Waals surface area contributed by atoms with Crippen LogP contribution in [-0.4, -0.2) is 24.2 Å². The number of carbonyl (C=O) groups is 1. The molecule has 4 heteroatoms. The average molecular weight is 184 g/mol. The minimum atomic E-state index is -0.0222. The summed E-state index contributed by atoms with van der Waals surface area (Å²) in [6, 6.07) is 2.04. The molecule has 0 saturated carbocycles. The van der Waals surface area contributed by atoms with Gasteiger partial charge in [-0.2, -0.15) is 5.26 Å². The van der Waals surface area contributed by atoms with E-state index in [4.69, 9.17) is 10.4 Å². The third kappa shape index (κ3) is 8.83. The maximum absolute atomic E-state index is 10.9. The minimum Gasteiger partial charge on any atom is -0.396 e. The van der Waals surface area contributed by atoms with Gasteiger partial charge in [-0.15, -0.1) is 0 Å². The molecule has 74 valence electrons. The van der Waals surface area contributed by atoms with Crippen molar-refractivity contribution in [2.75, 3.05) is 13.2 Å². The van der Waals surface area contributed by atoms with Gasteiger partial charge in [-0.3, -0.25) is 4.79 Å². The number of nitriles is 1. The summed E-state index contributed by atoms with van der Waals surface area (Å²) in [5, 5.41) is 19.4. The molecule has 0 atom stereocenters. The van der Waals surface area contributed by atoms with Gasteiger partial charge < -0.3 is 10.4 Å². The molecule has 0 radical (unpaired) electrons. The molecule has 1 amide bonds. The molecule has 0 aromatic heterocycles. The molecular weight excluding hydrogens is 168 g/mol. The summed E-state index contributed by atoms with van der Waals surface area (Å²) < 4.78 is 0. The van der Waals surface area contributed by atoms with Crippen molar-refractivity contribution in [1.82, 2.24) is 5.32 Å². The van der Waals surface area contributed by atoms with Gasteiger partial charge in [0.1, 0.15) is 0 Å². The van der Waals surface area contributed by atoms with Gasteiger partial charge in [0.2, 0.25) is 5.91 Å². The van der Waals surface area contributed by atoms with E-state index in [1.165, 1.54) is 0 Å². The Morgan fingerprint density at radius 2 is 2.15 bits per heavy atom. The van der Waals surface area contributed by atoms with E-state index >= 15 is 0 Å². The largest absolute Gasteiger partial charge is 0.396 e. The van der Waals surface area contributed by atoms with Crippen molar-refractivity contribution >= 4 is 5.91 Å². The molecule has 0 aliphatic heterocycles. The summed E-state index contributed by atoms with van der Waals surface area (Å²) >= 11 is 0. The van der Waals surface area contributed by atoms with Crippen LogP contribution in [-0.2, 0) is 4.79 Å². The lowest BCUT2D eigenvalue weighted by Crippen LogP contribution is -2.24. The third-order valence-electron chi connectivity index (χ3n) is 1.60. The zero-order valence-corrected chi connectivity index (χ0v) is 7.75. The Morgan fingerprint density at radius 1 is 1.38 bits per heavy atom. The number of nitrogens with zero attached hydrogens (tertiary/aromatic N) is 1. The fourth-order valence-electron chi connectivity index (χ4n) is 0.885. The number of unbranched alkanes of at least 4 members (excludes halogenated alkanes) is 2. The Labute approximate surface area is 78.6 Å². The van der Waals surface area contributed by atoms with Crippen LogP contribution in [0.3, 0.4) is 0 Å². The summed E-state index contributed by atoms with van der Waals surface area (Å²) in [6.07, 6.45) is 3.13. The molecule has 4 nitrogen and oxygen atoms in total. The van der Waals surface area contributed by atoms with Crippen LogP contribution < -0.4 is 5.32 Å². The number of rotatable bonds is 7. The summed E-state index contributed by atoms with van der Waals surface area (Å²) in [4.78, 5) is 10.9. The Kier molecular flexibility index (Phi) is 8.26. The topological polar surface area (TPSA) is 73.1 Å². The van der Waals surface area contributed by atoms with Crippen molar-refractivity contribution in [2.45, 2.75) is 32.1 Å². The number of carbonyl (C=O) groups excluding carboxylic acids is 1. The van der Waals surface area contributed by atoms with Crippen molar-refractivity contribution in [3.8, 4) is 6.07 Å². The molecule has 0 spiro atoms. The quantitative estimate of drug-likeness (QED) is 0.568. The Balaban J connectivity index is 3.13. The van der Waals surface area contributed by atoms with Gasteiger partial charge in [0, 0.05) is 26.0 Å². The molecule has 2 N–H and O–H groups in total. The second-order valence-corrected chi connectivity index (χ2v) is 2.79. The fourth-order valence-corrected chi connectivity index (χ4v) is 0.885. The second kappa shape index (κ2) is 9.01. The number of hydrogen-bond donors (Lipinski definition) is 2.